The van der Waals surface area contributed by atoms with Crippen molar-refractivity contribution in [1.29, 1.82) is 0 Å². The molecular formula is C24H36N2O. The van der Waals surface area contributed by atoms with Gasteiger partial charge in [-0.25, -0.2) is 0 Å². The van der Waals surface area contributed by atoms with Gasteiger partial charge >= 0.3 is 0 Å². The minimum atomic E-state index is 0.00747. The SMILES string of the molecule is CCN1Cc2ccccc2OC2(CCC(N(C)C[C@@H]3CC=CCC3)CC2)C1. The normalized spacial score (nSPS) is 31.5. The summed E-state index contributed by atoms with van der Waals surface area (Å²) in [5.41, 5.74) is 1.36. The third-order valence-corrected chi connectivity index (χ3v) is 7.07. The molecule has 1 aromatic carbocycles. The van der Waals surface area contributed by atoms with E-state index < -0.39 is 0 Å². The molecule has 0 bridgehead atoms. The maximum absolute atomic E-state index is 6.73. The van der Waals surface area contributed by atoms with Crippen LogP contribution in [0.25, 0.3) is 0 Å². The molecule has 1 spiro atoms. The van der Waals surface area contributed by atoms with Crippen molar-refractivity contribution in [3.63, 3.8) is 0 Å². The van der Waals surface area contributed by atoms with E-state index in [0.29, 0.717) is 0 Å². The molecule has 0 amide bonds. The van der Waals surface area contributed by atoms with Crippen LogP contribution in [0, 0.1) is 5.92 Å². The van der Waals surface area contributed by atoms with Crippen LogP contribution in [0.1, 0.15) is 57.4 Å². The minimum Gasteiger partial charge on any atom is -0.486 e. The smallest absolute Gasteiger partial charge is 0.124 e. The van der Waals surface area contributed by atoms with E-state index >= 15 is 0 Å². The van der Waals surface area contributed by atoms with Crippen molar-refractivity contribution in [2.75, 3.05) is 26.7 Å². The molecule has 1 fully saturated rings. The molecule has 0 N–H and O–H groups in total. The third-order valence-electron chi connectivity index (χ3n) is 7.07. The van der Waals surface area contributed by atoms with Gasteiger partial charge in [0.1, 0.15) is 11.4 Å². The van der Waals surface area contributed by atoms with Crippen molar-refractivity contribution in [3.8, 4) is 5.75 Å². The molecular weight excluding hydrogens is 332 g/mol. The van der Waals surface area contributed by atoms with Crippen LogP contribution < -0.4 is 4.74 Å². The summed E-state index contributed by atoms with van der Waals surface area (Å²) in [6.45, 7) is 6.72. The zero-order valence-corrected chi connectivity index (χ0v) is 17.2. The lowest BCUT2D eigenvalue weighted by atomic mass is 9.80. The van der Waals surface area contributed by atoms with Gasteiger partial charge in [-0.3, -0.25) is 4.90 Å². The van der Waals surface area contributed by atoms with Gasteiger partial charge in [0, 0.05) is 31.2 Å². The summed E-state index contributed by atoms with van der Waals surface area (Å²) < 4.78 is 6.73. The molecule has 0 radical (unpaired) electrons. The van der Waals surface area contributed by atoms with Crippen molar-refractivity contribution < 1.29 is 4.74 Å². The third kappa shape index (κ3) is 4.41. The predicted molar refractivity (Wildman–Crippen MR) is 112 cm³/mol. The number of allylic oxidation sites excluding steroid dienone is 2. The number of nitrogens with zero attached hydrogens (tertiary/aromatic N) is 2. The molecule has 0 aromatic heterocycles. The molecule has 0 unspecified atom stereocenters. The summed E-state index contributed by atoms with van der Waals surface area (Å²) in [7, 11) is 2.35. The lowest BCUT2D eigenvalue weighted by molar-refractivity contribution is -0.0152. The van der Waals surface area contributed by atoms with Crippen molar-refractivity contribution in [3.05, 3.63) is 42.0 Å². The zero-order valence-electron chi connectivity index (χ0n) is 17.2. The number of benzene rings is 1. The highest BCUT2D eigenvalue weighted by atomic mass is 16.5. The van der Waals surface area contributed by atoms with Crippen LogP contribution in [0.2, 0.25) is 0 Å². The Kier molecular flexibility index (Phi) is 5.89. The summed E-state index contributed by atoms with van der Waals surface area (Å²) in [6, 6.07) is 9.38. The number of hydrogen-bond acceptors (Lipinski definition) is 3. The first-order valence-electron chi connectivity index (χ1n) is 11.0. The minimum absolute atomic E-state index is 0.00747. The van der Waals surface area contributed by atoms with Gasteiger partial charge in [-0.2, -0.15) is 0 Å². The number of fused-ring (bicyclic) bond motifs is 1. The van der Waals surface area contributed by atoms with E-state index in [4.69, 9.17) is 4.74 Å². The van der Waals surface area contributed by atoms with Gasteiger partial charge in [0.15, 0.2) is 0 Å². The Morgan fingerprint density at radius 2 is 1.96 bits per heavy atom. The Morgan fingerprint density at radius 1 is 1.15 bits per heavy atom. The van der Waals surface area contributed by atoms with Crippen LogP contribution in [0.3, 0.4) is 0 Å². The maximum atomic E-state index is 6.73. The molecule has 148 valence electrons. The van der Waals surface area contributed by atoms with E-state index in [1.54, 1.807) is 0 Å². The lowest BCUT2D eigenvalue weighted by Gasteiger charge is -2.44. The summed E-state index contributed by atoms with van der Waals surface area (Å²) in [5.74, 6) is 1.97. The Balaban J connectivity index is 1.40. The van der Waals surface area contributed by atoms with Gasteiger partial charge in [-0.15, -0.1) is 0 Å². The van der Waals surface area contributed by atoms with Gasteiger partial charge in [-0.05, 0) is 70.5 Å². The van der Waals surface area contributed by atoms with Crippen LogP contribution >= 0.6 is 0 Å². The van der Waals surface area contributed by atoms with E-state index in [-0.39, 0.29) is 5.60 Å². The molecule has 0 saturated heterocycles. The second kappa shape index (κ2) is 8.36. The van der Waals surface area contributed by atoms with Crippen LogP contribution in [-0.2, 0) is 6.54 Å². The fraction of sp³-hybridized carbons (Fsp3) is 0.667. The molecule has 1 heterocycles. The van der Waals surface area contributed by atoms with E-state index in [0.717, 1.165) is 37.3 Å². The second-order valence-electron chi connectivity index (χ2n) is 9.02. The molecule has 1 saturated carbocycles. The van der Waals surface area contributed by atoms with Crippen molar-refractivity contribution in [2.24, 2.45) is 5.92 Å². The van der Waals surface area contributed by atoms with Crippen LogP contribution in [0.15, 0.2) is 36.4 Å². The average molecular weight is 369 g/mol. The second-order valence-corrected chi connectivity index (χ2v) is 9.02. The topological polar surface area (TPSA) is 15.7 Å². The maximum Gasteiger partial charge on any atom is 0.124 e. The Morgan fingerprint density at radius 3 is 2.70 bits per heavy atom. The fourth-order valence-corrected chi connectivity index (χ4v) is 5.34. The molecule has 27 heavy (non-hydrogen) atoms. The molecule has 1 aromatic rings. The zero-order chi connectivity index (χ0) is 18.7. The van der Waals surface area contributed by atoms with Gasteiger partial charge in [0.2, 0.25) is 0 Å². The Hall–Kier alpha value is -1.32. The highest BCUT2D eigenvalue weighted by Gasteiger charge is 2.41. The molecule has 2 aliphatic carbocycles. The van der Waals surface area contributed by atoms with Crippen LogP contribution in [0.4, 0.5) is 0 Å². The van der Waals surface area contributed by atoms with Gasteiger partial charge < -0.3 is 9.64 Å². The highest BCUT2D eigenvalue weighted by Crippen LogP contribution is 2.39. The molecule has 3 aliphatic rings. The quantitative estimate of drug-likeness (QED) is 0.705. The summed E-state index contributed by atoms with van der Waals surface area (Å²) in [6.07, 6.45) is 13.5. The standard InChI is InChI=1S/C24H36N2O/c1-3-26-18-21-11-7-8-12-23(21)27-24(19-26)15-13-22(14-16-24)25(2)17-20-9-5-4-6-10-20/h4-5,7-8,11-12,20,22H,3,6,9-10,13-19H2,1-2H3/t20-,22?,24?/m1/s1. The molecule has 1 atom stereocenters. The first kappa shape index (κ1) is 19.0. The van der Waals surface area contributed by atoms with Crippen molar-refractivity contribution in [1.82, 2.24) is 9.80 Å². The number of likely N-dealkylation sites (N-methyl/N-ethyl adjacent to an activating group) is 1. The monoisotopic (exact) mass is 368 g/mol. The van der Waals surface area contributed by atoms with Crippen molar-refractivity contribution >= 4 is 0 Å². The van der Waals surface area contributed by atoms with Crippen LogP contribution in [0.5, 0.6) is 5.75 Å². The lowest BCUT2D eigenvalue weighted by Crippen LogP contribution is -2.51. The predicted octanol–water partition coefficient (Wildman–Crippen LogP) is 4.87. The number of ether oxygens (including phenoxy) is 1. The van der Waals surface area contributed by atoms with Gasteiger partial charge in [0.05, 0.1) is 0 Å². The van der Waals surface area contributed by atoms with E-state index in [1.807, 2.05) is 0 Å². The number of rotatable bonds is 4. The fourth-order valence-electron chi connectivity index (χ4n) is 5.34. The summed E-state index contributed by atoms with van der Waals surface area (Å²) >= 11 is 0. The Labute approximate surface area is 165 Å². The molecule has 4 rings (SSSR count). The number of para-hydroxylation sites is 1. The molecule has 3 heteroatoms. The summed E-state index contributed by atoms with van der Waals surface area (Å²) in [5, 5.41) is 0. The first-order chi connectivity index (χ1) is 13.2. The van der Waals surface area contributed by atoms with Crippen LogP contribution in [-0.4, -0.2) is 48.1 Å². The van der Waals surface area contributed by atoms with Crippen molar-refractivity contribution in [2.45, 2.75) is 70.1 Å². The van der Waals surface area contributed by atoms with Gasteiger partial charge in [0.25, 0.3) is 0 Å². The van der Waals surface area contributed by atoms with E-state index in [2.05, 4.69) is 60.2 Å². The molecule has 3 nitrogen and oxygen atoms in total. The average Bonchev–Trinajstić information content (AvgIpc) is 2.85. The number of hydrogen-bond donors (Lipinski definition) is 0. The van der Waals surface area contributed by atoms with Gasteiger partial charge in [-0.1, -0.05) is 37.3 Å². The summed E-state index contributed by atoms with van der Waals surface area (Å²) in [4.78, 5) is 5.23. The first-order valence-corrected chi connectivity index (χ1v) is 11.0. The largest absolute Gasteiger partial charge is 0.486 e. The Bertz CT molecular complexity index is 648. The van der Waals surface area contributed by atoms with E-state index in [1.165, 1.54) is 57.1 Å². The molecule has 1 aliphatic heterocycles. The van der Waals surface area contributed by atoms with E-state index in [9.17, 15) is 0 Å². The highest BCUT2D eigenvalue weighted by molar-refractivity contribution is 5.35.